The zero-order valence-corrected chi connectivity index (χ0v) is 20.6. The first-order valence-corrected chi connectivity index (χ1v) is 12.7. The van der Waals surface area contributed by atoms with Crippen molar-refractivity contribution >= 4 is 33.2 Å². The normalized spacial score (nSPS) is 15.1. The molecule has 0 bridgehead atoms. The molecule has 0 aliphatic carbocycles. The number of anilines is 1. The molecular weight excluding hydrogens is 492 g/mol. The van der Waals surface area contributed by atoms with Crippen LogP contribution in [-0.2, 0) is 26.2 Å². The van der Waals surface area contributed by atoms with Gasteiger partial charge < -0.3 is 19.5 Å². The molecule has 3 aromatic carbocycles. The van der Waals surface area contributed by atoms with Gasteiger partial charge in [-0.2, -0.15) is 0 Å². The minimum Gasteiger partial charge on any atom is -0.497 e. The minimum absolute atomic E-state index is 0.0552. The summed E-state index contributed by atoms with van der Waals surface area (Å²) in [5, 5.41) is 3.10. The SMILES string of the molecule is COc1ccc(S(=O)(=O)N2C[C@H](C(=O)NCCOCc3ccccc3)Oc3ccc(Cl)cc32)cc1. The van der Waals surface area contributed by atoms with E-state index in [-0.39, 0.29) is 29.4 Å². The van der Waals surface area contributed by atoms with Gasteiger partial charge >= 0.3 is 0 Å². The maximum Gasteiger partial charge on any atom is 0.264 e. The van der Waals surface area contributed by atoms with Crippen molar-refractivity contribution in [3.05, 3.63) is 83.4 Å². The van der Waals surface area contributed by atoms with Crippen molar-refractivity contribution in [1.29, 1.82) is 0 Å². The highest BCUT2D eigenvalue weighted by Crippen LogP contribution is 2.39. The lowest BCUT2D eigenvalue weighted by atomic mass is 10.2. The number of ether oxygens (including phenoxy) is 3. The lowest BCUT2D eigenvalue weighted by Crippen LogP contribution is -2.51. The molecular formula is C25H25ClN2O6S. The number of fused-ring (bicyclic) bond motifs is 1. The molecule has 0 fully saturated rings. The van der Waals surface area contributed by atoms with Crippen molar-refractivity contribution in [1.82, 2.24) is 5.32 Å². The molecule has 1 atom stereocenters. The Kier molecular flexibility index (Phi) is 7.80. The van der Waals surface area contributed by atoms with Crippen LogP contribution in [0.1, 0.15) is 5.56 Å². The number of hydrogen-bond acceptors (Lipinski definition) is 6. The second-order valence-corrected chi connectivity index (χ2v) is 10.1. The molecule has 0 saturated carbocycles. The molecule has 0 saturated heterocycles. The average Bonchev–Trinajstić information content (AvgIpc) is 2.88. The average molecular weight is 517 g/mol. The molecule has 4 rings (SSSR count). The number of carbonyl (C=O) groups excluding carboxylic acids is 1. The summed E-state index contributed by atoms with van der Waals surface area (Å²) in [6.45, 7) is 0.773. The zero-order chi connectivity index (χ0) is 24.8. The molecule has 1 amide bonds. The van der Waals surface area contributed by atoms with E-state index in [0.29, 0.717) is 24.0 Å². The molecule has 0 spiro atoms. The predicted octanol–water partition coefficient (Wildman–Crippen LogP) is 3.64. The van der Waals surface area contributed by atoms with Crippen molar-refractivity contribution in [2.45, 2.75) is 17.6 Å². The molecule has 1 aliphatic heterocycles. The standard InChI is InChI=1S/C25H25ClN2O6S/c1-32-20-8-10-21(11-9-20)35(30,31)28-16-24(34-23-12-7-19(26)15-22(23)28)25(29)27-13-14-33-17-18-5-3-2-4-6-18/h2-12,15,24H,13-14,16-17H2,1H3,(H,27,29)/t24-/m1/s1. The summed E-state index contributed by atoms with van der Waals surface area (Å²) in [7, 11) is -2.51. The van der Waals surface area contributed by atoms with E-state index in [0.717, 1.165) is 9.87 Å². The van der Waals surface area contributed by atoms with Crippen molar-refractivity contribution in [2.75, 3.05) is 31.1 Å². The van der Waals surface area contributed by atoms with Gasteiger partial charge in [-0.25, -0.2) is 8.42 Å². The Bertz CT molecular complexity index is 1270. The van der Waals surface area contributed by atoms with Gasteiger partial charge in [-0.15, -0.1) is 0 Å². The second kappa shape index (κ2) is 11.0. The van der Waals surface area contributed by atoms with Gasteiger partial charge in [0.05, 0.1) is 37.5 Å². The van der Waals surface area contributed by atoms with Crippen LogP contribution in [0.4, 0.5) is 5.69 Å². The molecule has 1 N–H and O–H groups in total. The fraction of sp³-hybridized carbons (Fsp3) is 0.240. The number of amides is 1. The van der Waals surface area contributed by atoms with Crippen LogP contribution in [0.5, 0.6) is 11.5 Å². The van der Waals surface area contributed by atoms with Crippen molar-refractivity contribution < 1.29 is 27.4 Å². The van der Waals surface area contributed by atoms with E-state index in [4.69, 9.17) is 25.8 Å². The number of sulfonamides is 1. The highest BCUT2D eigenvalue weighted by atomic mass is 35.5. The van der Waals surface area contributed by atoms with Gasteiger partial charge in [0, 0.05) is 11.6 Å². The Hall–Kier alpha value is -3.27. The Morgan fingerprint density at radius 1 is 1.11 bits per heavy atom. The van der Waals surface area contributed by atoms with E-state index in [1.807, 2.05) is 30.3 Å². The van der Waals surface area contributed by atoms with Crippen LogP contribution in [0.15, 0.2) is 77.7 Å². The lowest BCUT2D eigenvalue weighted by molar-refractivity contribution is -0.128. The summed E-state index contributed by atoms with van der Waals surface area (Å²) in [6.07, 6.45) is -1.05. The van der Waals surface area contributed by atoms with Crippen LogP contribution < -0.4 is 19.1 Å². The van der Waals surface area contributed by atoms with Crippen LogP contribution in [0, 0.1) is 0 Å². The Morgan fingerprint density at radius 2 is 1.86 bits per heavy atom. The highest BCUT2D eigenvalue weighted by Gasteiger charge is 2.37. The van der Waals surface area contributed by atoms with E-state index in [1.54, 1.807) is 24.3 Å². The van der Waals surface area contributed by atoms with Gasteiger partial charge in [0.1, 0.15) is 11.5 Å². The van der Waals surface area contributed by atoms with E-state index < -0.39 is 22.0 Å². The van der Waals surface area contributed by atoms with Gasteiger partial charge in [0.15, 0.2) is 6.10 Å². The van der Waals surface area contributed by atoms with Crippen LogP contribution in [0.25, 0.3) is 0 Å². The number of benzene rings is 3. The van der Waals surface area contributed by atoms with E-state index >= 15 is 0 Å². The third kappa shape index (κ3) is 5.87. The Balaban J connectivity index is 1.46. The summed E-state index contributed by atoms with van der Waals surface area (Å²) in [5.41, 5.74) is 1.30. The number of nitrogens with zero attached hydrogens (tertiary/aromatic N) is 1. The molecule has 1 aliphatic rings. The molecule has 0 aromatic heterocycles. The zero-order valence-electron chi connectivity index (χ0n) is 19.0. The maximum atomic E-state index is 13.5. The first-order valence-electron chi connectivity index (χ1n) is 10.9. The minimum atomic E-state index is -4.01. The maximum absolute atomic E-state index is 13.5. The summed E-state index contributed by atoms with van der Waals surface area (Å²) in [4.78, 5) is 12.9. The second-order valence-electron chi connectivity index (χ2n) is 7.76. The molecule has 0 unspecified atom stereocenters. The van der Waals surface area contributed by atoms with Gasteiger partial charge in [0.2, 0.25) is 0 Å². The number of halogens is 1. The molecule has 184 valence electrons. The molecule has 35 heavy (non-hydrogen) atoms. The molecule has 8 nitrogen and oxygen atoms in total. The van der Waals surface area contributed by atoms with E-state index in [9.17, 15) is 13.2 Å². The van der Waals surface area contributed by atoms with Gasteiger partial charge in [-0.3, -0.25) is 9.10 Å². The number of rotatable bonds is 9. The van der Waals surface area contributed by atoms with Crippen LogP contribution in [0.2, 0.25) is 5.02 Å². The molecule has 3 aromatic rings. The number of carbonyl (C=O) groups is 1. The lowest BCUT2D eigenvalue weighted by Gasteiger charge is -2.34. The third-order valence-electron chi connectivity index (χ3n) is 5.39. The summed E-state index contributed by atoms with van der Waals surface area (Å²) < 4.78 is 44.7. The quantitative estimate of drug-likeness (QED) is 0.436. The van der Waals surface area contributed by atoms with Crippen molar-refractivity contribution in [2.24, 2.45) is 0 Å². The van der Waals surface area contributed by atoms with Gasteiger partial charge in [-0.05, 0) is 48.0 Å². The first-order chi connectivity index (χ1) is 16.9. The fourth-order valence-electron chi connectivity index (χ4n) is 3.59. The van der Waals surface area contributed by atoms with E-state index in [2.05, 4.69) is 5.32 Å². The number of hydrogen-bond donors (Lipinski definition) is 1. The highest BCUT2D eigenvalue weighted by molar-refractivity contribution is 7.92. The van der Waals surface area contributed by atoms with Gasteiger partial charge in [-0.1, -0.05) is 41.9 Å². The molecule has 1 heterocycles. The van der Waals surface area contributed by atoms with E-state index in [1.165, 1.54) is 25.3 Å². The molecule has 10 heteroatoms. The third-order valence-corrected chi connectivity index (χ3v) is 7.42. The smallest absolute Gasteiger partial charge is 0.264 e. The Morgan fingerprint density at radius 3 is 2.57 bits per heavy atom. The fourth-order valence-corrected chi connectivity index (χ4v) is 5.22. The summed E-state index contributed by atoms with van der Waals surface area (Å²) in [6, 6.07) is 20.4. The summed E-state index contributed by atoms with van der Waals surface area (Å²) >= 11 is 6.13. The summed E-state index contributed by atoms with van der Waals surface area (Å²) in [5.74, 6) is 0.336. The van der Waals surface area contributed by atoms with Crippen molar-refractivity contribution in [3.63, 3.8) is 0 Å². The first kappa shape index (κ1) is 24.8. The largest absolute Gasteiger partial charge is 0.497 e. The van der Waals surface area contributed by atoms with Crippen LogP contribution >= 0.6 is 11.6 Å². The van der Waals surface area contributed by atoms with Crippen molar-refractivity contribution in [3.8, 4) is 11.5 Å². The number of methoxy groups -OCH3 is 1. The predicted molar refractivity (Wildman–Crippen MR) is 133 cm³/mol. The van der Waals surface area contributed by atoms with Crippen LogP contribution in [0.3, 0.4) is 0 Å². The monoisotopic (exact) mass is 516 g/mol. The van der Waals surface area contributed by atoms with Crippen LogP contribution in [-0.4, -0.2) is 47.2 Å². The molecule has 0 radical (unpaired) electrons. The Labute approximate surface area is 209 Å². The topological polar surface area (TPSA) is 94.2 Å². The van der Waals surface area contributed by atoms with Gasteiger partial charge in [0.25, 0.3) is 15.9 Å². The number of nitrogens with one attached hydrogen (secondary N) is 1.